The van der Waals surface area contributed by atoms with E-state index in [2.05, 4.69) is 0 Å². The van der Waals surface area contributed by atoms with Crippen molar-refractivity contribution < 1.29 is 4.74 Å². The van der Waals surface area contributed by atoms with E-state index in [1.807, 2.05) is 13.0 Å². The maximum absolute atomic E-state index is 6.25. The molecule has 0 saturated heterocycles. The zero-order chi connectivity index (χ0) is 13.1. The maximum Gasteiger partial charge on any atom is 0.141 e. The molecule has 1 aliphatic carbocycles. The Morgan fingerprint density at radius 1 is 1.33 bits per heavy atom. The van der Waals surface area contributed by atoms with Gasteiger partial charge in [-0.1, -0.05) is 23.2 Å². The summed E-state index contributed by atoms with van der Waals surface area (Å²) < 4.78 is 6.05. The van der Waals surface area contributed by atoms with Crippen LogP contribution in [-0.4, -0.2) is 12.1 Å². The first-order valence-electron chi connectivity index (χ1n) is 6.46. The molecule has 0 aliphatic heterocycles. The zero-order valence-electron chi connectivity index (χ0n) is 10.6. The highest BCUT2D eigenvalue weighted by molar-refractivity contribution is 6.35. The molecule has 0 aromatic heterocycles. The molecule has 0 spiro atoms. The molecule has 100 valence electrons. The van der Waals surface area contributed by atoms with Gasteiger partial charge in [-0.15, -0.1) is 0 Å². The third-order valence-corrected chi connectivity index (χ3v) is 3.71. The van der Waals surface area contributed by atoms with E-state index in [-0.39, 0.29) is 12.1 Å². The predicted octanol–water partition coefficient (Wildman–Crippen LogP) is 4.20. The van der Waals surface area contributed by atoms with Gasteiger partial charge in [0.1, 0.15) is 5.75 Å². The van der Waals surface area contributed by atoms with Crippen molar-refractivity contribution in [3.05, 3.63) is 27.7 Å². The number of ether oxygens (including phenoxy) is 1. The summed E-state index contributed by atoms with van der Waals surface area (Å²) in [5, 5.41) is 1.22. The normalized spacial score (nSPS) is 18.0. The van der Waals surface area contributed by atoms with E-state index in [0.29, 0.717) is 10.0 Å². The van der Waals surface area contributed by atoms with Crippen molar-refractivity contribution in [2.24, 2.45) is 5.73 Å². The second-order valence-corrected chi connectivity index (χ2v) is 5.93. The summed E-state index contributed by atoms with van der Waals surface area (Å²) in [6.07, 6.45) is 5.70. The molecule has 2 nitrogen and oxygen atoms in total. The molecular formula is C14H19Cl2NO. The summed E-state index contributed by atoms with van der Waals surface area (Å²) in [6.45, 7) is 1.97. The summed E-state index contributed by atoms with van der Waals surface area (Å²) >= 11 is 12.3. The largest absolute Gasteiger partial charge is 0.489 e. The third kappa shape index (κ3) is 3.53. The molecule has 0 radical (unpaired) electrons. The van der Waals surface area contributed by atoms with Gasteiger partial charge in [-0.3, -0.25) is 0 Å². The summed E-state index contributed by atoms with van der Waals surface area (Å²) in [6, 6.07) is 3.70. The van der Waals surface area contributed by atoms with E-state index in [4.69, 9.17) is 33.7 Å². The number of hydrogen-bond acceptors (Lipinski definition) is 2. The Morgan fingerprint density at radius 3 is 2.61 bits per heavy atom. The van der Waals surface area contributed by atoms with Crippen molar-refractivity contribution in [3.63, 3.8) is 0 Å². The van der Waals surface area contributed by atoms with Crippen LogP contribution in [0.4, 0.5) is 0 Å². The minimum Gasteiger partial charge on any atom is -0.489 e. The summed E-state index contributed by atoms with van der Waals surface area (Å²) in [5.41, 5.74) is 6.87. The lowest BCUT2D eigenvalue weighted by Gasteiger charge is -2.19. The molecule has 18 heavy (non-hydrogen) atoms. The number of benzene rings is 1. The van der Waals surface area contributed by atoms with Gasteiger partial charge >= 0.3 is 0 Å². The van der Waals surface area contributed by atoms with Crippen LogP contribution in [0.5, 0.6) is 5.75 Å². The Kier molecular flexibility index (Phi) is 4.77. The fourth-order valence-corrected chi connectivity index (χ4v) is 3.00. The highest BCUT2D eigenvalue weighted by Gasteiger charge is 2.20. The van der Waals surface area contributed by atoms with Gasteiger partial charge in [0.25, 0.3) is 0 Å². The summed E-state index contributed by atoms with van der Waals surface area (Å²) in [4.78, 5) is 0. The molecule has 4 heteroatoms. The molecule has 2 rings (SSSR count). The standard InChI is InChI=1S/C14H19Cl2NO/c1-9(17)6-10-7-11(15)8-13(16)14(10)18-12-4-2-3-5-12/h7-9,12H,2-6,17H2,1H3. The van der Waals surface area contributed by atoms with Gasteiger partial charge in [-0.2, -0.15) is 0 Å². The predicted molar refractivity (Wildman–Crippen MR) is 76.7 cm³/mol. The van der Waals surface area contributed by atoms with Crippen LogP contribution < -0.4 is 10.5 Å². The zero-order valence-corrected chi connectivity index (χ0v) is 12.1. The molecular weight excluding hydrogens is 269 g/mol. The van der Waals surface area contributed by atoms with Crippen molar-refractivity contribution in [2.45, 2.75) is 51.2 Å². The Morgan fingerprint density at radius 2 is 2.00 bits per heavy atom. The van der Waals surface area contributed by atoms with Crippen molar-refractivity contribution >= 4 is 23.2 Å². The fourth-order valence-electron chi connectivity index (χ4n) is 2.42. The SMILES string of the molecule is CC(N)Cc1cc(Cl)cc(Cl)c1OC1CCCC1. The molecule has 1 unspecified atom stereocenters. The van der Waals surface area contributed by atoms with Crippen LogP contribution in [0.25, 0.3) is 0 Å². The maximum atomic E-state index is 6.25. The van der Waals surface area contributed by atoms with E-state index in [9.17, 15) is 0 Å². The first-order chi connectivity index (χ1) is 8.56. The molecule has 1 fully saturated rings. The van der Waals surface area contributed by atoms with Crippen LogP contribution in [0.1, 0.15) is 38.2 Å². The number of halogens is 2. The lowest BCUT2D eigenvalue weighted by molar-refractivity contribution is 0.208. The van der Waals surface area contributed by atoms with Crippen LogP contribution in [-0.2, 0) is 6.42 Å². The molecule has 2 N–H and O–H groups in total. The molecule has 1 atom stereocenters. The van der Waals surface area contributed by atoms with Crippen LogP contribution in [0.3, 0.4) is 0 Å². The Balaban J connectivity index is 2.24. The van der Waals surface area contributed by atoms with Crippen LogP contribution in [0.2, 0.25) is 10.0 Å². The Labute approximate surface area is 118 Å². The Bertz CT molecular complexity index is 415. The molecule has 1 aromatic rings. The summed E-state index contributed by atoms with van der Waals surface area (Å²) in [7, 11) is 0. The van der Waals surface area contributed by atoms with Gasteiger partial charge in [0.2, 0.25) is 0 Å². The molecule has 0 amide bonds. The topological polar surface area (TPSA) is 35.2 Å². The molecule has 1 saturated carbocycles. The van der Waals surface area contributed by atoms with Gasteiger partial charge < -0.3 is 10.5 Å². The number of nitrogens with two attached hydrogens (primary N) is 1. The van der Waals surface area contributed by atoms with Crippen LogP contribution in [0.15, 0.2) is 12.1 Å². The van der Waals surface area contributed by atoms with Crippen LogP contribution in [0, 0.1) is 0 Å². The molecule has 1 aromatic carbocycles. The number of hydrogen-bond donors (Lipinski definition) is 1. The van der Waals surface area contributed by atoms with E-state index in [1.54, 1.807) is 6.07 Å². The average molecular weight is 288 g/mol. The van der Waals surface area contributed by atoms with Gasteiger partial charge in [0.05, 0.1) is 11.1 Å². The van der Waals surface area contributed by atoms with Crippen molar-refractivity contribution in [1.82, 2.24) is 0 Å². The second kappa shape index (κ2) is 6.14. The van der Waals surface area contributed by atoms with Gasteiger partial charge in [-0.05, 0) is 56.7 Å². The van der Waals surface area contributed by atoms with Gasteiger partial charge in [0, 0.05) is 11.1 Å². The van der Waals surface area contributed by atoms with E-state index < -0.39 is 0 Å². The fraction of sp³-hybridized carbons (Fsp3) is 0.571. The smallest absolute Gasteiger partial charge is 0.141 e. The lowest BCUT2D eigenvalue weighted by atomic mass is 10.1. The van der Waals surface area contributed by atoms with Crippen molar-refractivity contribution in [1.29, 1.82) is 0 Å². The second-order valence-electron chi connectivity index (χ2n) is 5.08. The average Bonchev–Trinajstić information content (AvgIpc) is 2.74. The minimum atomic E-state index is 0.0606. The highest BCUT2D eigenvalue weighted by atomic mass is 35.5. The summed E-state index contributed by atoms with van der Waals surface area (Å²) in [5.74, 6) is 0.769. The first kappa shape index (κ1) is 14.0. The lowest BCUT2D eigenvalue weighted by Crippen LogP contribution is -2.19. The van der Waals surface area contributed by atoms with Crippen LogP contribution >= 0.6 is 23.2 Å². The molecule has 0 heterocycles. The van der Waals surface area contributed by atoms with E-state index in [0.717, 1.165) is 30.6 Å². The first-order valence-corrected chi connectivity index (χ1v) is 7.22. The minimum absolute atomic E-state index is 0.0606. The van der Waals surface area contributed by atoms with Crippen molar-refractivity contribution in [3.8, 4) is 5.75 Å². The molecule has 0 bridgehead atoms. The third-order valence-electron chi connectivity index (χ3n) is 3.21. The highest BCUT2D eigenvalue weighted by Crippen LogP contribution is 2.36. The number of rotatable bonds is 4. The monoisotopic (exact) mass is 287 g/mol. The van der Waals surface area contributed by atoms with Gasteiger partial charge in [-0.25, -0.2) is 0 Å². The van der Waals surface area contributed by atoms with Crippen molar-refractivity contribution in [2.75, 3.05) is 0 Å². The van der Waals surface area contributed by atoms with E-state index in [1.165, 1.54) is 12.8 Å². The Hall–Kier alpha value is -0.440. The van der Waals surface area contributed by atoms with Gasteiger partial charge in [0.15, 0.2) is 0 Å². The van der Waals surface area contributed by atoms with E-state index >= 15 is 0 Å². The molecule has 1 aliphatic rings. The quantitative estimate of drug-likeness (QED) is 0.901.